The summed E-state index contributed by atoms with van der Waals surface area (Å²) in [6, 6.07) is 14.6. The van der Waals surface area contributed by atoms with Gasteiger partial charge in [-0.25, -0.2) is 8.42 Å². The predicted octanol–water partition coefficient (Wildman–Crippen LogP) is 7.52. The van der Waals surface area contributed by atoms with E-state index < -0.39 is 51.9 Å². The van der Waals surface area contributed by atoms with Crippen molar-refractivity contribution >= 4 is 62.3 Å². The van der Waals surface area contributed by atoms with E-state index in [2.05, 4.69) is 5.32 Å². The number of alkyl halides is 3. The van der Waals surface area contributed by atoms with Gasteiger partial charge in [-0.3, -0.25) is 13.9 Å². The van der Waals surface area contributed by atoms with Crippen molar-refractivity contribution in [2.24, 2.45) is 0 Å². The first-order chi connectivity index (χ1) is 21.6. The summed E-state index contributed by atoms with van der Waals surface area (Å²) in [5.41, 5.74) is -0.656. The summed E-state index contributed by atoms with van der Waals surface area (Å²) >= 11 is 19.2. The highest BCUT2D eigenvalue weighted by Crippen LogP contribution is 2.36. The fourth-order valence-electron chi connectivity index (χ4n) is 5.43. The Morgan fingerprint density at radius 2 is 1.54 bits per heavy atom. The van der Waals surface area contributed by atoms with E-state index in [1.54, 1.807) is 48.5 Å². The van der Waals surface area contributed by atoms with Crippen molar-refractivity contribution in [3.8, 4) is 0 Å². The molecule has 0 saturated heterocycles. The minimum Gasteiger partial charge on any atom is -0.352 e. The lowest BCUT2D eigenvalue weighted by Gasteiger charge is -2.35. The number of nitrogens with zero attached hydrogens (tertiary/aromatic N) is 2. The number of hydrogen-bond acceptors (Lipinski definition) is 4. The number of benzene rings is 3. The molecule has 0 aromatic heterocycles. The van der Waals surface area contributed by atoms with Crippen LogP contribution in [0.4, 0.5) is 18.9 Å². The fraction of sp³-hybridized carbons (Fsp3) is 0.375. The molecular weight excluding hydrogens is 686 g/mol. The summed E-state index contributed by atoms with van der Waals surface area (Å²) in [6.45, 7) is -1.25. The molecule has 1 fully saturated rings. The van der Waals surface area contributed by atoms with Crippen LogP contribution >= 0.6 is 34.8 Å². The monoisotopic (exact) mass is 717 g/mol. The topological polar surface area (TPSA) is 86.8 Å². The van der Waals surface area contributed by atoms with Gasteiger partial charge in [-0.1, -0.05) is 90.5 Å². The summed E-state index contributed by atoms with van der Waals surface area (Å²) in [4.78, 5) is 29.5. The van der Waals surface area contributed by atoms with Crippen molar-refractivity contribution in [3.05, 3.63) is 98.5 Å². The van der Waals surface area contributed by atoms with Crippen molar-refractivity contribution in [1.29, 1.82) is 0 Å². The molecule has 7 nitrogen and oxygen atoms in total. The summed E-state index contributed by atoms with van der Waals surface area (Å²) in [5.74, 6) is -1.34. The highest BCUT2D eigenvalue weighted by atomic mass is 35.5. The van der Waals surface area contributed by atoms with Gasteiger partial charge in [0.05, 0.1) is 22.5 Å². The number of rotatable bonds is 11. The van der Waals surface area contributed by atoms with Crippen LogP contribution in [-0.2, 0) is 38.8 Å². The van der Waals surface area contributed by atoms with Crippen LogP contribution in [0.3, 0.4) is 0 Å². The van der Waals surface area contributed by atoms with E-state index in [0.29, 0.717) is 22.0 Å². The maximum atomic E-state index is 14.3. The molecule has 0 spiro atoms. The minimum atomic E-state index is -4.81. The Morgan fingerprint density at radius 3 is 2.13 bits per heavy atom. The Hall–Kier alpha value is -2.99. The molecule has 1 aliphatic carbocycles. The summed E-state index contributed by atoms with van der Waals surface area (Å²) in [5, 5.41) is 3.16. The third-order valence-electron chi connectivity index (χ3n) is 7.83. The van der Waals surface area contributed by atoms with Gasteiger partial charge in [0, 0.05) is 34.6 Å². The molecule has 0 bridgehead atoms. The maximum absolute atomic E-state index is 14.3. The highest BCUT2D eigenvalue weighted by molar-refractivity contribution is 7.92. The van der Waals surface area contributed by atoms with E-state index in [4.69, 9.17) is 34.8 Å². The average Bonchev–Trinajstić information content (AvgIpc) is 2.99. The number of sulfonamides is 1. The number of carbonyl (C=O) groups excluding carboxylic acids is 2. The second-order valence-corrected chi connectivity index (χ2v) is 14.3. The first-order valence-corrected chi connectivity index (χ1v) is 17.5. The molecule has 46 heavy (non-hydrogen) atoms. The molecule has 1 aliphatic rings. The molecule has 1 saturated carbocycles. The first kappa shape index (κ1) is 35.9. The second kappa shape index (κ2) is 15.3. The molecule has 1 N–H and O–H groups in total. The zero-order valence-corrected chi connectivity index (χ0v) is 28.0. The molecule has 0 radical (unpaired) electrons. The number of halogens is 6. The Morgan fingerprint density at radius 1 is 0.913 bits per heavy atom. The smallest absolute Gasteiger partial charge is 0.352 e. The van der Waals surface area contributed by atoms with Crippen LogP contribution in [0, 0.1) is 0 Å². The zero-order valence-electron chi connectivity index (χ0n) is 24.9. The number of anilines is 1. The van der Waals surface area contributed by atoms with Gasteiger partial charge in [0.15, 0.2) is 0 Å². The van der Waals surface area contributed by atoms with Crippen LogP contribution in [0.1, 0.15) is 48.8 Å². The van der Waals surface area contributed by atoms with Crippen molar-refractivity contribution in [2.45, 2.75) is 63.3 Å². The van der Waals surface area contributed by atoms with E-state index >= 15 is 0 Å². The van der Waals surface area contributed by atoms with Crippen LogP contribution in [-0.4, -0.2) is 50.0 Å². The Bertz CT molecular complexity index is 1630. The molecule has 3 aromatic carbocycles. The van der Waals surface area contributed by atoms with Crippen molar-refractivity contribution < 1.29 is 31.2 Å². The maximum Gasteiger partial charge on any atom is 0.416 e. The lowest BCUT2D eigenvalue weighted by Crippen LogP contribution is -2.55. The Balaban J connectivity index is 1.80. The third-order valence-corrected chi connectivity index (χ3v) is 9.99. The SMILES string of the molecule is CS(=O)(=O)N(CC(=O)N(Cc1c(Cl)cccc1Cl)C(Cc1ccccc1)C(=O)NC1CCCCC1)c1cc(C(F)(F)F)ccc1Cl. The Labute approximate surface area is 281 Å². The summed E-state index contributed by atoms with van der Waals surface area (Å²) < 4.78 is 67.4. The van der Waals surface area contributed by atoms with Crippen molar-refractivity contribution in [3.63, 3.8) is 0 Å². The van der Waals surface area contributed by atoms with Crippen LogP contribution < -0.4 is 9.62 Å². The van der Waals surface area contributed by atoms with Gasteiger partial charge >= 0.3 is 6.18 Å². The molecular formula is C32H33Cl3F3N3O4S. The van der Waals surface area contributed by atoms with Gasteiger partial charge in [0.25, 0.3) is 0 Å². The predicted molar refractivity (Wildman–Crippen MR) is 175 cm³/mol. The Kier molecular flexibility index (Phi) is 11.9. The normalized spacial score (nSPS) is 14.8. The van der Waals surface area contributed by atoms with Crippen LogP contribution in [0.5, 0.6) is 0 Å². The van der Waals surface area contributed by atoms with Gasteiger partial charge in [-0.2, -0.15) is 13.2 Å². The van der Waals surface area contributed by atoms with Crippen molar-refractivity contribution in [1.82, 2.24) is 10.2 Å². The van der Waals surface area contributed by atoms with Gasteiger partial charge < -0.3 is 10.2 Å². The van der Waals surface area contributed by atoms with E-state index in [1.165, 1.54) is 4.90 Å². The molecule has 3 aromatic rings. The minimum absolute atomic E-state index is 0.0520. The van der Waals surface area contributed by atoms with Gasteiger partial charge in [-0.05, 0) is 48.7 Å². The van der Waals surface area contributed by atoms with E-state index in [0.717, 1.165) is 50.0 Å². The molecule has 2 amide bonds. The largest absolute Gasteiger partial charge is 0.416 e. The standard InChI is InChI=1S/C32H33Cl3F3N3O4S/c1-46(44,45)41(28-18-22(32(36,37)38)15-16-27(28)35)20-30(42)40(19-24-25(33)13-8-14-26(24)34)29(17-21-9-4-2-5-10-21)31(43)39-23-11-6-3-7-12-23/h2,4-5,8-10,13-16,18,23,29H,3,6-7,11-12,17,19-20H2,1H3,(H,39,43). The van der Waals surface area contributed by atoms with Gasteiger partial charge in [-0.15, -0.1) is 0 Å². The van der Waals surface area contributed by atoms with Gasteiger partial charge in [0.2, 0.25) is 21.8 Å². The lowest BCUT2D eigenvalue weighted by atomic mass is 9.94. The first-order valence-electron chi connectivity index (χ1n) is 14.6. The summed E-state index contributed by atoms with van der Waals surface area (Å²) in [6.07, 6.45) is 0.459. The molecule has 0 heterocycles. The molecule has 1 unspecified atom stereocenters. The number of amides is 2. The van der Waals surface area contributed by atoms with E-state index in [9.17, 15) is 31.2 Å². The van der Waals surface area contributed by atoms with Crippen molar-refractivity contribution in [2.75, 3.05) is 17.1 Å². The number of carbonyl (C=O) groups is 2. The number of nitrogens with one attached hydrogen (secondary N) is 1. The number of hydrogen-bond donors (Lipinski definition) is 1. The third kappa shape index (κ3) is 9.30. The zero-order chi connectivity index (χ0) is 33.6. The average molecular weight is 719 g/mol. The quantitative estimate of drug-likeness (QED) is 0.222. The summed E-state index contributed by atoms with van der Waals surface area (Å²) in [7, 11) is -4.37. The van der Waals surface area contributed by atoms with E-state index in [1.807, 2.05) is 0 Å². The molecule has 14 heteroatoms. The molecule has 0 aliphatic heterocycles. The molecule has 248 valence electrons. The highest BCUT2D eigenvalue weighted by Gasteiger charge is 2.37. The molecule has 1 atom stereocenters. The second-order valence-electron chi connectivity index (χ2n) is 11.2. The lowest BCUT2D eigenvalue weighted by molar-refractivity contribution is -0.140. The fourth-order valence-corrected chi connectivity index (χ4v) is 7.07. The van der Waals surface area contributed by atoms with Gasteiger partial charge in [0.1, 0.15) is 12.6 Å². The van der Waals surface area contributed by atoms with Crippen LogP contribution in [0.15, 0.2) is 66.7 Å². The van der Waals surface area contributed by atoms with Crippen LogP contribution in [0.2, 0.25) is 15.1 Å². The van der Waals surface area contributed by atoms with E-state index in [-0.39, 0.29) is 34.1 Å². The molecule has 4 rings (SSSR count). The van der Waals surface area contributed by atoms with Crippen LogP contribution in [0.25, 0.3) is 0 Å².